The zero-order valence-electron chi connectivity index (χ0n) is 10.8. The molecule has 0 saturated heterocycles. The Hall–Kier alpha value is -1.50. The molecular formula is C14H11BrClN3OS. The number of imidazole rings is 1. The molecule has 1 aromatic carbocycles. The summed E-state index contributed by atoms with van der Waals surface area (Å²) in [6.07, 6.45) is 3.32. The van der Waals surface area contributed by atoms with E-state index in [1.807, 2.05) is 30.3 Å². The lowest BCUT2D eigenvalue weighted by atomic mass is 10.2. The van der Waals surface area contributed by atoms with Gasteiger partial charge >= 0.3 is 5.69 Å². The summed E-state index contributed by atoms with van der Waals surface area (Å²) in [5.74, 6) is 0. The van der Waals surface area contributed by atoms with Crippen LogP contribution >= 0.6 is 38.9 Å². The van der Waals surface area contributed by atoms with Gasteiger partial charge in [0.1, 0.15) is 4.34 Å². The number of hydrogen-bond acceptors (Lipinski definition) is 3. The number of aromatic amines is 1. The van der Waals surface area contributed by atoms with Crippen molar-refractivity contribution in [2.75, 3.05) is 5.32 Å². The van der Waals surface area contributed by atoms with E-state index >= 15 is 0 Å². The molecule has 108 valence electrons. The second-order valence-corrected chi connectivity index (χ2v) is 6.96. The quantitative estimate of drug-likeness (QED) is 0.706. The molecule has 7 heteroatoms. The van der Waals surface area contributed by atoms with Crippen LogP contribution in [0.2, 0.25) is 4.34 Å². The molecule has 2 heterocycles. The minimum absolute atomic E-state index is 0.145. The molecule has 0 aliphatic heterocycles. The number of H-pyrrole nitrogens is 1. The monoisotopic (exact) mass is 383 g/mol. The number of rotatable bonds is 4. The minimum atomic E-state index is -0.145. The molecule has 0 radical (unpaired) electrons. The maximum Gasteiger partial charge on any atom is 0.330 e. The fourth-order valence-electron chi connectivity index (χ4n) is 1.93. The van der Waals surface area contributed by atoms with E-state index in [1.165, 1.54) is 0 Å². The number of anilines is 1. The van der Waals surface area contributed by atoms with E-state index in [2.05, 4.69) is 26.2 Å². The van der Waals surface area contributed by atoms with Crippen LogP contribution in [0.4, 0.5) is 5.69 Å². The van der Waals surface area contributed by atoms with Gasteiger partial charge in [0.25, 0.3) is 0 Å². The Balaban J connectivity index is 1.70. The minimum Gasteiger partial charge on any atom is -0.380 e. The molecule has 0 amide bonds. The summed E-state index contributed by atoms with van der Waals surface area (Å²) in [4.78, 5) is 15.3. The molecule has 3 aromatic rings. The summed E-state index contributed by atoms with van der Waals surface area (Å²) in [7, 11) is 0. The van der Waals surface area contributed by atoms with E-state index < -0.39 is 0 Å². The highest BCUT2D eigenvalue weighted by Crippen LogP contribution is 2.32. The SMILES string of the molecule is O=c1[nH]ccn1-c1ccc(NCc2cc(Br)c(Cl)s2)cc1. The van der Waals surface area contributed by atoms with E-state index in [-0.39, 0.29) is 5.69 Å². The van der Waals surface area contributed by atoms with Gasteiger partial charge in [0.15, 0.2) is 0 Å². The van der Waals surface area contributed by atoms with Gasteiger partial charge < -0.3 is 10.3 Å². The highest BCUT2D eigenvalue weighted by Gasteiger charge is 2.04. The van der Waals surface area contributed by atoms with Crippen LogP contribution in [0.15, 0.2) is 52.0 Å². The number of thiophene rings is 1. The van der Waals surface area contributed by atoms with E-state index in [9.17, 15) is 4.79 Å². The van der Waals surface area contributed by atoms with Crippen LogP contribution in [0, 0.1) is 0 Å². The lowest BCUT2D eigenvalue weighted by Gasteiger charge is -2.06. The van der Waals surface area contributed by atoms with Crippen molar-refractivity contribution in [2.45, 2.75) is 6.54 Å². The molecule has 0 aliphatic rings. The first-order chi connectivity index (χ1) is 10.1. The summed E-state index contributed by atoms with van der Waals surface area (Å²) in [6, 6.07) is 9.69. The third-order valence-electron chi connectivity index (χ3n) is 2.96. The summed E-state index contributed by atoms with van der Waals surface area (Å²) >= 11 is 11.0. The zero-order valence-corrected chi connectivity index (χ0v) is 13.9. The van der Waals surface area contributed by atoms with Gasteiger partial charge in [-0.3, -0.25) is 4.57 Å². The van der Waals surface area contributed by atoms with Crippen molar-refractivity contribution in [1.29, 1.82) is 0 Å². The van der Waals surface area contributed by atoms with Crippen LogP contribution in [0.25, 0.3) is 5.69 Å². The van der Waals surface area contributed by atoms with Crippen molar-refractivity contribution >= 4 is 44.6 Å². The maximum atomic E-state index is 11.5. The molecular weight excluding hydrogens is 374 g/mol. The van der Waals surface area contributed by atoms with Crippen LogP contribution in [-0.2, 0) is 6.54 Å². The molecule has 2 aromatic heterocycles. The molecule has 0 bridgehead atoms. The lowest BCUT2D eigenvalue weighted by molar-refractivity contribution is 0.987. The van der Waals surface area contributed by atoms with Gasteiger partial charge in [0.05, 0.1) is 5.69 Å². The number of nitrogens with one attached hydrogen (secondary N) is 2. The van der Waals surface area contributed by atoms with Gasteiger partial charge in [-0.05, 0) is 46.3 Å². The third kappa shape index (κ3) is 3.23. The summed E-state index contributed by atoms with van der Waals surface area (Å²) in [5.41, 5.74) is 1.67. The van der Waals surface area contributed by atoms with Crippen molar-refractivity contribution in [2.24, 2.45) is 0 Å². The molecule has 2 N–H and O–H groups in total. The van der Waals surface area contributed by atoms with Crippen LogP contribution in [-0.4, -0.2) is 9.55 Å². The highest BCUT2D eigenvalue weighted by molar-refractivity contribution is 9.10. The number of aromatic nitrogens is 2. The number of benzene rings is 1. The predicted molar refractivity (Wildman–Crippen MR) is 90.7 cm³/mol. The Kier molecular flexibility index (Phi) is 4.19. The maximum absolute atomic E-state index is 11.5. The Labute approximate surface area is 138 Å². The standard InChI is InChI=1S/C14H11BrClN3OS/c15-12-7-11(21-13(12)16)8-18-9-1-3-10(4-2-9)19-6-5-17-14(19)20/h1-7,18H,8H2,(H,17,20). The molecule has 21 heavy (non-hydrogen) atoms. The van der Waals surface area contributed by atoms with Gasteiger partial charge in [-0.25, -0.2) is 4.79 Å². The second-order valence-electron chi connectivity index (χ2n) is 4.37. The highest BCUT2D eigenvalue weighted by atomic mass is 79.9. The molecule has 0 saturated carbocycles. The average molecular weight is 385 g/mol. The van der Waals surface area contributed by atoms with Gasteiger partial charge in [-0.2, -0.15) is 0 Å². The lowest BCUT2D eigenvalue weighted by Crippen LogP contribution is -2.13. The van der Waals surface area contributed by atoms with E-state index in [4.69, 9.17) is 11.6 Å². The summed E-state index contributed by atoms with van der Waals surface area (Å²) < 4.78 is 3.24. The first-order valence-corrected chi connectivity index (χ1v) is 8.16. The Morgan fingerprint density at radius 3 is 2.67 bits per heavy atom. The van der Waals surface area contributed by atoms with Gasteiger partial charge in [0.2, 0.25) is 0 Å². The van der Waals surface area contributed by atoms with E-state index in [1.54, 1.807) is 28.3 Å². The summed E-state index contributed by atoms with van der Waals surface area (Å²) in [6.45, 7) is 0.708. The van der Waals surface area contributed by atoms with Crippen molar-refractivity contribution < 1.29 is 0 Å². The Morgan fingerprint density at radius 2 is 2.10 bits per heavy atom. The van der Waals surface area contributed by atoms with E-state index in [0.29, 0.717) is 6.54 Å². The second kappa shape index (κ2) is 6.09. The van der Waals surface area contributed by atoms with Crippen LogP contribution in [0.5, 0.6) is 0 Å². The van der Waals surface area contributed by atoms with Crippen LogP contribution in [0.3, 0.4) is 0 Å². The van der Waals surface area contributed by atoms with Gasteiger partial charge in [-0.15, -0.1) is 11.3 Å². The van der Waals surface area contributed by atoms with Crippen LogP contribution < -0.4 is 11.0 Å². The molecule has 4 nitrogen and oxygen atoms in total. The predicted octanol–water partition coefficient (Wildman–Crippen LogP) is 4.26. The molecule has 0 spiro atoms. The van der Waals surface area contributed by atoms with Gasteiger partial charge in [-0.1, -0.05) is 11.6 Å². The molecule has 0 aliphatic carbocycles. The summed E-state index contributed by atoms with van der Waals surface area (Å²) in [5, 5.41) is 3.32. The van der Waals surface area contributed by atoms with Crippen LogP contribution in [0.1, 0.15) is 4.88 Å². The van der Waals surface area contributed by atoms with Crippen molar-refractivity contribution in [3.63, 3.8) is 0 Å². The Morgan fingerprint density at radius 1 is 1.33 bits per heavy atom. The fraction of sp³-hybridized carbons (Fsp3) is 0.0714. The fourth-order valence-corrected chi connectivity index (χ4v) is 3.66. The topological polar surface area (TPSA) is 49.8 Å². The zero-order chi connectivity index (χ0) is 14.8. The number of hydrogen-bond donors (Lipinski definition) is 2. The molecule has 0 atom stereocenters. The van der Waals surface area contributed by atoms with E-state index in [0.717, 1.165) is 25.1 Å². The van der Waals surface area contributed by atoms with Crippen molar-refractivity contribution in [3.05, 3.63) is 66.9 Å². The molecule has 0 unspecified atom stereocenters. The van der Waals surface area contributed by atoms with Crippen molar-refractivity contribution in [3.8, 4) is 5.69 Å². The first-order valence-electron chi connectivity index (χ1n) is 6.17. The normalized spacial score (nSPS) is 10.8. The smallest absolute Gasteiger partial charge is 0.330 e. The first kappa shape index (κ1) is 14.4. The largest absolute Gasteiger partial charge is 0.380 e. The molecule has 3 rings (SSSR count). The third-order valence-corrected chi connectivity index (χ3v) is 5.43. The van der Waals surface area contributed by atoms with Gasteiger partial charge in [0, 0.05) is 34.0 Å². The average Bonchev–Trinajstić information content (AvgIpc) is 3.04. The number of halogens is 2. The van der Waals surface area contributed by atoms with Crippen molar-refractivity contribution in [1.82, 2.24) is 9.55 Å². The molecule has 0 fully saturated rings. The number of nitrogens with zero attached hydrogens (tertiary/aromatic N) is 1. The Bertz CT molecular complexity index is 787.